The number of imidazole rings is 6. The zero-order valence-electron chi connectivity index (χ0n) is 56.0. The van der Waals surface area contributed by atoms with E-state index in [4.69, 9.17) is 14.9 Å². The number of aliphatic hydroxyl groups excluding tert-OH is 1. The number of rotatable bonds is 8. The SMILES string of the molecule is CC(C)c1cc(=O)n2c3ccccc3n(C)c2n1.CCc1c(C)[nH]c2nccn2c1=O.COCCc1c(C)[nH]c2nc3ccccc3n2c1=O.Cc1[nH]c2nc3ccccc3n2c(=O)c1CCO.Cc1cc(=O)n2c(nc3ccccc32)[nH]1.O=C(O)c1cnc2[nH]c3ccccc3n2c1=O. The Morgan fingerprint density at radius 2 is 1.01 bits per heavy atom. The number of H-pyrrole nitrogens is 5. The fourth-order valence-electron chi connectivity index (χ4n) is 12.0. The van der Waals surface area contributed by atoms with Crippen molar-refractivity contribution in [3.63, 3.8) is 0 Å². The molecular formula is C72H70N18O10. The number of nitrogens with one attached hydrogen (secondary N) is 5. The van der Waals surface area contributed by atoms with Crippen molar-refractivity contribution in [2.75, 3.05) is 20.3 Å². The second-order valence-corrected chi connectivity index (χ2v) is 23.8. The van der Waals surface area contributed by atoms with E-state index in [2.05, 4.69) is 54.8 Å². The van der Waals surface area contributed by atoms with E-state index in [-0.39, 0.29) is 45.9 Å². The van der Waals surface area contributed by atoms with Gasteiger partial charge >= 0.3 is 5.97 Å². The number of aromatic amines is 5. The number of methoxy groups -OCH3 is 1. The molecule has 0 aliphatic carbocycles. The van der Waals surface area contributed by atoms with Gasteiger partial charge in [0.25, 0.3) is 33.4 Å². The first kappa shape index (κ1) is 67.3. The van der Waals surface area contributed by atoms with Crippen molar-refractivity contribution < 1.29 is 19.7 Å². The number of aromatic carboxylic acids is 1. The number of fused-ring (bicyclic) bond motifs is 16. The lowest BCUT2D eigenvalue weighted by Gasteiger charge is -2.06. The summed E-state index contributed by atoms with van der Waals surface area (Å²) in [4.78, 5) is 125. The zero-order valence-corrected chi connectivity index (χ0v) is 56.0. The number of aliphatic hydroxyl groups is 1. The van der Waals surface area contributed by atoms with Gasteiger partial charge in [-0.25, -0.2) is 56.7 Å². The molecule has 100 heavy (non-hydrogen) atoms. The minimum atomic E-state index is -1.28. The van der Waals surface area contributed by atoms with Crippen molar-refractivity contribution in [2.24, 2.45) is 7.05 Å². The van der Waals surface area contributed by atoms with Gasteiger partial charge in [0.15, 0.2) is 0 Å². The normalized spacial score (nSPS) is 11.3. The molecule has 0 unspecified atom stereocenters. The van der Waals surface area contributed by atoms with Crippen molar-refractivity contribution >= 4 is 95.8 Å². The Morgan fingerprint density at radius 3 is 1.57 bits per heavy atom. The zero-order chi connectivity index (χ0) is 70.8. The maximum atomic E-state index is 12.6. The number of carbonyl (C=O) groups is 1. The highest BCUT2D eigenvalue weighted by Crippen LogP contribution is 2.21. The van der Waals surface area contributed by atoms with Crippen LogP contribution in [0, 0.1) is 27.7 Å². The molecule has 0 aliphatic rings. The van der Waals surface area contributed by atoms with Crippen molar-refractivity contribution in [2.45, 2.75) is 73.6 Å². The molecule has 0 bridgehead atoms. The Kier molecular flexibility index (Phi) is 19.0. The summed E-state index contributed by atoms with van der Waals surface area (Å²) in [5, 5.41) is 17.9. The highest BCUT2D eigenvalue weighted by Gasteiger charge is 2.18. The minimum Gasteiger partial charge on any atom is -0.477 e. The number of nitrogens with zero attached hydrogens (tertiary/aromatic N) is 13. The molecule has 0 spiro atoms. The number of aromatic nitrogens is 18. The van der Waals surface area contributed by atoms with Gasteiger partial charge in [-0.05, 0) is 101 Å². The number of carboxylic acid groups (broad SMARTS) is 1. The molecule has 0 atom stereocenters. The van der Waals surface area contributed by atoms with Crippen LogP contribution in [0.5, 0.6) is 0 Å². The first-order chi connectivity index (χ1) is 48.2. The molecule has 28 heteroatoms. The summed E-state index contributed by atoms with van der Waals surface area (Å²) in [6.45, 7) is 14.0. The molecule has 0 amide bonds. The average Bonchev–Trinajstić information content (AvgIpc) is 1.62. The van der Waals surface area contributed by atoms with Crippen LogP contribution in [0.15, 0.2) is 181 Å². The van der Waals surface area contributed by atoms with Gasteiger partial charge in [-0.15, -0.1) is 0 Å². The topological polar surface area (TPSA) is 357 Å². The maximum absolute atomic E-state index is 12.6. The second-order valence-electron chi connectivity index (χ2n) is 23.8. The van der Waals surface area contributed by atoms with Gasteiger partial charge < -0.3 is 44.4 Å². The summed E-state index contributed by atoms with van der Waals surface area (Å²) in [6, 6.07) is 40.9. The fraction of sp³-hybridized carbons (Fsp3) is 0.208. The van der Waals surface area contributed by atoms with Crippen LogP contribution >= 0.6 is 0 Å². The summed E-state index contributed by atoms with van der Waals surface area (Å²) >= 11 is 0. The van der Waals surface area contributed by atoms with E-state index < -0.39 is 11.5 Å². The molecule has 0 aliphatic heterocycles. The summed E-state index contributed by atoms with van der Waals surface area (Å²) in [5.41, 5.74) is 13.4. The molecule has 12 aromatic heterocycles. The highest BCUT2D eigenvalue weighted by molar-refractivity contribution is 5.88. The quantitative estimate of drug-likeness (QED) is 0.0752. The Hall–Kier alpha value is -12.7. The molecule has 508 valence electrons. The first-order valence-corrected chi connectivity index (χ1v) is 32.0. The fourth-order valence-corrected chi connectivity index (χ4v) is 12.0. The van der Waals surface area contributed by atoms with Crippen LogP contribution in [-0.4, -0.2) is 122 Å². The van der Waals surface area contributed by atoms with Crippen LogP contribution in [0.3, 0.4) is 0 Å². The van der Waals surface area contributed by atoms with Gasteiger partial charge in [0, 0.05) is 97.6 Å². The molecule has 0 radical (unpaired) electrons. The molecule has 17 rings (SSSR count). The number of hydrogen-bond donors (Lipinski definition) is 7. The molecule has 0 saturated heterocycles. The summed E-state index contributed by atoms with van der Waals surface area (Å²) in [6.07, 6.45) is 6.05. The van der Waals surface area contributed by atoms with Crippen LogP contribution < -0.4 is 33.4 Å². The van der Waals surface area contributed by atoms with E-state index >= 15 is 0 Å². The Bertz CT molecular complexity index is 6370. The Morgan fingerprint density at radius 1 is 0.520 bits per heavy atom. The van der Waals surface area contributed by atoms with Gasteiger partial charge in [0.2, 0.25) is 34.7 Å². The highest BCUT2D eigenvalue weighted by atomic mass is 16.5. The Labute approximate surface area is 564 Å². The smallest absolute Gasteiger partial charge is 0.342 e. The van der Waals surface area contributed by atoms with Crippen molar-refractivity contribution in [1.82, 2.24) is 85.8 Å². The van der Waals surface area contributed by atoms with Gasteiger partial charge in [-0.3, -0.25) is 33.2 Å². The van der Waals surface area contributed by atoms with Crippen LogP contribution in [-0.2, 0) is 31.0 Å². The third kappa shape index (κ3) is 12.7. The summed E-state index contributed by atoms with van der Waals surface area (Å²) < 4.78 is 16.3. The number of para-hydroxylation sites is 10. The van der Waals surface area contributed by atoms with Gasteiger partial charge in [-0.2, -0.15) is 0 Å². The van der Waals surface area contributed by atoms with E-state index in [1.807, 2.05) is 163 Å². The molecule has 5 aromatic carbocycles. The van der Waals surface area contributed by atoms with Crippen LogP contribution in [0.25, 0.3) is 89.8 Å². The lowest BCUT2D eigenvalue weighted by atomic mass is 10.1. The molecule has 7 N–H and O–H groups in total. The second kappa shape index (κ2) is 28.2. The number of benzene rings is 5. The number of hydrogen-bond acceptors (Lipinski definition) is 15. The molecule has 17 aromatic rings. The van der Waals surface area contributed by atoms with E-state index in [1.54, 1.807) is 67.4 Å². The standard InChI is InChI=1S/C14H15N3O2.C14H15N3O.C13H13N3O2.C11H7N3O3.C11H9N3O.C9H11N3O/c1-9-10(7-8-19-2)13(18)17-12-6-4-3-5-11(12)16-14(17)15-9;1-9(2)10-8-13(18)17-12-7-5-4-6-11(12)16(3)14(17)15-10;1-8-9(6-7-17)12(18)16-11-5-3-2-4-10(11)15-13(16)14-8;15-9-6(10(16)17)5-12-11-13-7-3-1-2-4-8(7)14(9)11;1-7-6-10(15)14-9-5-3-2-4-8(9)13-11(14)12-7;1-3-7-6(2)11-9-10-4-5-12(9)8(7)13/h3-6H,7-8H2,1-2H3,(H,15,16);4-9H,1-3H3;2-5,17H,6-7H2,1H3,(H,14,15);1-5H,(H,12,13)(H,16,17);2-6H,1H3,(H,12,13);4-5H,3H2,1-2H3,(H,10,11). The van der Waals surface area contributed by atoms with E-state index in [1.165, 1.54) is 8.80 Å². The average molecular weight is 1350 g/mol. The molecule has 0 fully saturated rings. The molecule has 0 saturated carbocycles. The molecular weight excluding hydrogens is 1280 g/mol. The number of ether oxygens (including phenoxy) is 1. The van der Waals surface area contributed by atoms with Gasteiger partial charge in [-0.1, -0.05) is 81.4 Å². The largest absolute Gasteiger partial charge is 0.477 e. The van der Waals surface area contributed by atoms with Crippen LogP contribution in [0.1, 0.15) is 82.2 Å². The predicted molar refractivity (Wildman–Crippen MR) is 383 cm³/mol. The van der Waals surface area contributed by atoms with Gasteiger partial charge in [0.1, 0.15) is 5.56 Å². The number of carboxylic acids is 1. The maximum Gasteiger partial charge on any atom is 0.342 e. The van der Waals surface area contributed by atoms with E-state index in [9.17, 15) is 33.6 Å². The summed E-state index contributed by atoms with van der Waals surface area (Å²) in [7, 11) is 3.57. The predicted octanol–water partition coefficient (Wildman–Crippen LogP) is 8.25. The third-order valence-corrected chi connectivity index (χ3v) is 17.0. The lowest BCUT2D eigenvalue weighted by Crippen LogP contribution is -2.22. The number of aryl methyl sites for hydroxylation is 5. The minimum absolute atomic E-state index is 0.0134. The molecule has 28 nitrogen and oxygen atoms in total. The van der Waals surface area contributed by atoms with Crippen molar-refractivity contribution in [1.29, 1.82) is 0 Å². The van der Waals surface area contributed by atoms with Crippen molar-refractivity contribution in [3.8, 4) is 0 Å². The monoisotopic (exact) mass is 1350 g/mol. The lowest BCUT2D eigenvalue weighted by molar-refractivity contribution is 0.0694. The van der Waals surface area contributed by atoms with E-state index in [0.717, 1.165) is 102 Å². The van der Waals surface area contributed by atoms with Gasteiger partial charge in [0.05, 0.1) is 73.7 Å². The van der Waals surface area contributed by atoms with E-state index in [0.29, 0.717) is 65.2 Å². The summed E-state index contributed by atoms with van der Waals surface area (Å²) in [5.74, 6) is 2.35. The van der Waals surface area contributed by atoms with Crippen molar-refractivity contribution in [3.05, 3.63) is 265 Å². The Balaban J connectivity index is 0.000000114. The third-order valence-electron chi connectivity index (χ3n) is 17.0. The van der Waals surface area contributed by atoms with Crippen LogP contribution in [0.4, 0.5) is 0 Å². The van der Waals surface area contributed by atoms with Crippen LogP contribution in [0.2, 0.25) is 0 Å². The first-order valence-electron chi connectivity index (χ1n) is 32.0. The molecule has 12 heterocycles.